The van der Waals surface area contributed by atoms with Crippen molar-refractivity contribution >= 4 is 52.3 Å². The molecule has 0 fully saturated rings. The number of allylic oxidation sites excluding steroid dienone is 6. The third kappa shape index (κ3) is 12.6. The monoisotopic (exact) mass is 921 g/mol. The van der Waals surface area contributed by atoms with Crippen LogP contribution >= 0.6 is 0 Å². The smallest absolute Gasteiger partial charge is 0.227 e. The van der Waals surface area contributed by atoms with Gasteiger partial charge in [0.05, 0.1) is 42.2 Å². The zero-order valence-electron chi connectivity index (χ0n) is 41.4. The molecule has 0 aliphatic carbocycles. The van der Waals surface area contributed by atoms with Crippen LogP contribution in [0.4, 0.5) is 17.1 Å². The van der Waals surface area contributed by atoms with E-state index in [9.17, 15) is 14.4 Å². The van der Waals surface area contributed by atoms with E-state index in [1.807, 2.05) is 98.8 Å². The van der Waals surface area contributed by atoms with Gasteiger partial charge in [0, 0.05) is 59.3 Å². The Kier molecular flexibility index (Phi) is 19.1. The van der Waals surface area contributed by atoms with E-state index in [1.54, 1.807) is 4.90 Å². The minimum Gasteiger partial charge on any atom is -0.497 e. The van der Waals surface area contributed by atoms with Crippen LogP contribution in [0.5, 0.6) is 0 Å². The van der Waals surface area contributed by atoms with Gasteiger partial charge in [-0.05, 0) is 89.1 Å². The molecule has 11 heteroatoms. The largest absolute Gasteiger partial charge is 0.497 e. The van der Waals surface area contributed by atoms with Crippen molar-refractivity contribution in [3.05, 3.63) is 161 Å². The van der Waals surface area contributed by atoms with Crippen molar-refractivity contribution < 1.29 is 23.7 Å². The molecular formula is C57H74N7O4+. The van der Waals surface area contributed by atoms with E-state index in [1.165, 1.54) is 22.0 Å². The Hall–Kier alpha value is -6.72. The van der Waals surface area contributed by atoms with Crippen molar-refractivity contribution in [2.24, 2.45) is 11.6 Å². The summed E-state index contributed by atoms with van der Waals surface area (Å²) < 4.78 is 8.75. The zero-order valence-corrected chi connectivity index (χ0v) is 41.4. The van der Waals surface area contributed by atoms with Crippen molar-refractivity contribution in [3.63, 3.8) is 0 Å². The van der Waals surface area contributed by atoms with Gasteiger partial charge in [-0.1, -0.05) is 117 Å². The lowest BCUT2D eigenvalue weighted by Gasteiger charge is -2.32. The fourth-order valence-corrected chi connectivity index (χ4v) is 9.13. The summed E-state index contributed by atoms with van der Waals surface area (Å²) in [5.41, 5.74) is 22.1. The fourth-order valence-electron chi connectivity index (χ4n) is 9.13. The van der Waals surface area contributed by atoms with Crippen LogP contribution in [-0.4, -0.2) is 60.1 Å². The molecule has 2 aliphatic heterocycles. The lowest BCUT2D eigenvalue weighted by atomic mass is 9.81. The highest BCUT2D eigenvalue weighted by Gasteiger charge is 2.42. The molecule has 360 valence electrons. The lowest BCUT2D eigenvalue weighted by Crippen LogP contribution is -2.37. The number of carbonyl (C=O) groups is 3. The summed E-state index contributed by atoms with van der Waals surface area (Å²) >= 11 is 0. The summed E-state index contributed by atoms with van der Waals surface area (Å²) in [7, 11) is 2.12. The third-order valence-corrected chi connectivity index (χ3v) is 12.8. The number of nitrogens with zero attached hydrogens (tertiary/aromatic N) is 3. The van der Waals surface area contributed by atoms with E-state index in [-0.39, 0.29) is 23.8 Å². The van der Waals surface area contributed by atoms with Gasteiger partial charge in [0.25, 0.3) is 0 Å². The molecule has 7 N–H and O–H groups in total. The summed E-state index contributed by atoms with van der Waals surface area (Å²) in [5, 5.41) is 4.39. The van der Waals surface area contributed by atoms with E-state index in [4.69, 9.17) is 22.0 Å². The third-order valence-electron chi connectivity index (χ3n) is 12.8. The number of anilines is 2. The number of nitrogens with two attached hydrogens (primary N) is 3. The molecule has 0 saturated heterocycles. The second-order valence-corrected chi connectivity index (χ2v) is 18.1. The Bertz CT molecular complexity index is 2530. The number of hydrazine groups is 1. The van der Waals surface area contributed by atoms with Gasteiger partial charge in [-0.2, -0.15) is 4.58 Å². The summed E-state index contributed by atoms with van der Waals surface area (Å²) in [4.78, 5) is 39.9. The molecule has 0 atom stereocenters. The molecule has 2 aliphatic rings. The normalized spacial score (nSPS) is 15.5. The summed E-state index contributed by atoms with van der Waals surface area (Å²) in [6.45, 7) is 14.2. The summed E-state index contributed by atoms with van der Waals surface area (Å²) in [6.07, 6.45) is 16.6. The van der Waals surface area contributed by atoms with Gasteiger partial charge in [0.15, 0.2) is 5.71 Å². The highest BCUT2D eigenvalue weighted by molar-refractivity contribution is 6.03. The van der Waals surface area contributed by atoms with E-state index in [2.05, 4.69) is 87.1 Å². The average Bonchev–Trinajstić information content (AvgIpc) is 3.52. The van der Waals surface area contributed by atoms with Crippen LogP contribution in [0.3, 0.4) is 0 Å². The van der Waals surface area contributed by atoms with Crippen molar-refractivity contribution in [2.75, 3.05) is 37.4 Å². The summed E-state index contributed by atoms with van der Waals surface area (Å²) in [6, 6.07) is 31.7. The van der Waals surface area contributed by atoms with E-state index in [0.717, 1.165) is 66.5 Å². The Morgan fingerprint density at radius 2 is 1.49 bits per heavy atom. The van der Waals surface area contributed by atoms with Crippen LogP contribution in [-0.2, 0) is 36.5 Å². The topological polar surface area (TPSA) is 160 Å². The predicted molar refractivity (Wildman–Crippen MR) is 280 cm³/mol. The number of hydrogen-bond donors (Lipinski definition) is 4. The first kappa shape index (κ1) is 52.3. The molecule has 4 aromatic carbocycles. The number of nitrogens with one attached hydrogen (secondary N) is 1. The Balaban J connectivity index is 0.00000426. The van der Waals surface area contributed by atoms with Crippen molar-refractivity contribution in [2.45, 2.75) is 110 Å². The molecule has 0 bridgehead atoms. The first-order chi connectivity index (χ1) is 32.8. The van der Waals surface area contributed by atoms with Gasteiger partial charge < -0.3 is 36.2 Å². The zero-order chi connectivity index (χ0) is 49.3. The molecule has 0 aromatic heterocycles. The number of para-hydroxylation sites is 3. The minimum atomic E-state index is -0.470. The molecule has 2 heterocycles. The first-order valence-corrected chi connectivity index (χ1v) is 24.2. The van der Waals surface area contributed by atoms with Gasteiger partial charge in [0.1, 0.15) is 19.1 Å². The number of unbranched alkanes of at least 4 members (excludes halogenated alkanes) is 4. The van der Waals surface area contributed by atoms with Gasteiger partial charge >= 0.3 is 0 Å². The lowest BCUT2D eigenvalue weighted by molar-refractivity contribution is -0.401. The quantitative estimate of drug-likeness (QED) is 0.00939. The molecule has 68 heavy (non-hydrogen) atoms. The maximum absolute atomic E-state index is 13.9. The number of nitrogen functional groups attached to an aromatic ring is 1. The van der Waals surface area contributed by atoms with Crippen LogP contribution < -0.4 is 27.5 Å². The Morgan fingerprint density at radius 1 is 0.824 bits per heavy atom. The number of hydrogen-bond acceptors (Lipinski definition) is 8. The van der Waals surface area contributed by atoms with E-state index >= 15 is 0 Å². The minimum absolute atomic E-state index is 0.0221. The van der Waals surface area contributed by atoms with E-state index < -0.39 is 5.41 Å². The molecule has 0 spiro atoms. The maximum atomic E-state index is 13.9. The first-order valence-electron chi connectivity index (χ1n) is 24.2. The molecule has 2 amide bonds. The Labute approximate surface area is 405 Å². The predicted octanol–water partition coefficient (Wildman–Crippen LogP) is 10.2. The second kappa shape index (κ2) is 24.9. The van der Waals surface area contributed by atoms with Gasteiger partial charge in [-0.3, -0.25) is 9.59 Å². The van der Waals surface area contributed by atoms with Crippen molar-refractivity contribution in [1.29, 1.82) is 0 Å². The fraction of sp³-hybridized carbons (Fsp3) is 0.368. The second-order valence-electron chi connectivity index (χ2n) is 18.1. The Morgan fingerprint density at radius 3 is 2.24 bits per heavy atom. The average molecular weight is 921 g/mol. The molecule has 0 unspecified atom stereocenters. The molecule has 0 saturated carbocycles. The molecule has 11 nitrogen and oxygen atoms in total. The van der Waals surface area contributed by atoms with Gasteiger partial charge in [0.2, 0.25) is 17.5 Å². The number of amides is 2. The van der Waals surface area contributed by atoms with Crippen LogP contribution in [0.2, 0.25) is 0 Å². The van der Waals surface area contributed by atoms with Crippen LogP contribution in [0.25, 0.3) is 11.4 Å². The standard InChI is InChI=1S/C55H67N7O4.C2H6/c1-54(2)44-27-17-20-30-47(44)60(5)48(54)31-9-6-10-32-49(55(3,4)43-26-16-18-28-45(43)56)66-38-22-8-11-33-50(64)59-35-21-7-12-34-51(65)61-39-40-23-13-14-24-41(40)52(57)53(62(58)36-37-63)42-25-15-19-29-46(42)61;1-2/h6,9-10,13-20,23-32,37H,7-8,11-12,21-22,33-36,38-39,56-58H2,1-5H3;1-2H3/p+1/b10-6+,31-9+,49-32+,53-52-;. The summed E-state index contributed by atoms with van der Waals surface area (Å²) in [5.74, 6) is 7.20. The highest BCUT2D eigenvalue weighted by atomic mass is 16.5. The number of carbonyl (C=O) groups excluding carboxylic acids is 3. The number of ether oxygens (including phenoxy) is 1. The van der Waals surface area contributed by atoms with Crippen molar-refractivity contribution in [1.82, 2.24) is 10.3 Å². The number of rotatable bonds is 21. The molecule has 6 rings (SSSR count). The van der Waals surface area contributed by atoms with Crippen LogP contribution in [0.15, 0.2) is 133 Å². The van der Waals surface area contributed by atoms with Gasteiger partial charge in [-0.25, -0.2) is 5.84 Å². The number of fused-ring (bicyclic) bond motifs is 3. The maximum Gasteiger partial charge on any atom is 0.227 e. The number of benzene rings is 4. The highest BCUT2D eigenvalue weighted by Crippen LogP contribution is 2.40. The molecule has 0 radical (unpaired) electrons. The van der Waals surface area contributed by atoms with Crippen molar-refractivity contribution in [3.8, 4) is 0 Å². The van der Waals surface area contributed by atoms with E-state index in [0.29, 0.717) is 61.6 Å². The number of aldehydes is 1. The molecular weight excluding hydrogens is 847 g/mol. The van der Waals surface area contributed by atoms with Gasteiger partial charge in [-0.15, -0.1) is 0 Å². The SMILES string of the molecule is CC.C[N+]1=C(/C=C/C=C/C=C(/OCCCCCC(=O)NCCCCCC(=O)N2Cc3ccccc3/C(N)=C(/N(N)CC=O)c3ccccc32)C(C)(C)c2ccccc2N)C(C)(C)c2ccccc21. The van der Waals surface area contributed by atoms with Crippen LogP contribution in [0, 0.1) is 0 Å². The van der Waals surface area contributed by atoms with Crippen LogP contribution in [0.1, 0.15) is 121 Å². The molecule has 4 aromatic rings.